The first-order valence-corrected chi connectivity index (χ1v) is 7.03. The van der Waals surface area contributed by atoms with Gasteiger partial charge in [0.25, 0.3) is 0 Å². The molecule has 0 amide bonds. The molecule has 0 aliphatic heterocycles. The number of halogens is 2. The molecule has 0 unspecified atom stereocenters. The summed E-state index contributed by atoms with van der Waals surface area (Å²) in [5.41, 5.74) is 2.27. The number of rotatable bonds is 4. The molecule has 90 valence electrons. The van der Waals surface area contributed by atoms with Gasteiger partial charge >= 0.3 is 0 Å². The minimum atomic E-state index is -0.202. The second-order valence-corrected chi connectivity index (χ2v) is 5.59. The molecule has 1 aromatic carbocycles. The minimum Gasteiger partial charge on any atom is -0.298 e. The largest absolute Gasteiger partial charge is 0.298 e. The molecule has 0 spiro atoms. The van der Waals surface area contributed by atoms with Crippen LogP contribution in [0.2, 0.25) is 0 Å². The Kier molecular flexibility index (Phi) is 4.31. The van der Waals surface area contributed by atoms with Crippen molar-refractivity contribution in [2.24, 2.45) is 0 Å². The van der Waals surface area contributed by atoms with Crippen LogP contribution in [0.1, 0.15) is 11.1 Å². The van der Waals surface area contributed by atoms with Crippen molar-refractivity contribution in [2.45, 2.75) is 13.1 Å². The summed E-state index contributed by atoms with van der Waals surface area (Å²) in [5, 5.41) is 4.21. The highest BCUT2D eigenvalue weighted by Gasteiger charge is 2.08. The highest BCUT2D eigenvalue weighted by atomic mass is 79.9. The summed E-state index contributed by atoms with van der Waals surface area (Å²) in [4.78, 5) is 2.17. The fourth-order valence-corrected chi connectivity index (χ4v) is 2.76. The maximum absolute atomic E-state index is 13.3. The first-order chi connectivity index (χ1) is 8.16. The lowest BCUT2D eigenvalue weighted by Crippen LogP contribution is -2.17. The summed E-state index contributed by atoms with van der Waals surface area (Å²) in [6.45, 7) is 1.61. The molecule has 4 heteroatoms. The highest BCUT2D eigenvalue weighted by molar-refractivity contribution is 9.10. The normalized spacial score (nSPS) is 11.1. The van der Waals surface area contributed by atoms with Crippen LogP contribution in [0, 0.1) is 5.82 Å². The van der Waals surface area contributed by atoms with Gasteiger partial charge < -0.3 is 0 Å². The van der Waals surface area contributed by atoms with E-state index in [9.17, 15) is 4.39 Å². The fourth-order valence-electron chi connectivity index (χ4n) is 1.71. The number of nitrogens with zero attached hydrogens (tertiary/aromatic N) is 1. The molecule has 0 radical (unpaired) electrons. The van der Waals surface area contributed by atoms with Crippen molar-refractivity contribution in [2.75, 3.05) is 7.05 Å². The molecule has 17 heavy (non-hydrogen) atoms. The van der Waals surface area contributed by atoms with Gasteiger partial charge in [-0.05, 0) is 57.0 Å². The molecule has 0 bridgehead atoms. The summed E-state index contributed by atoms with van der Waals surface area (Å²) in [6.07, 6.45) is 0. The van der Waals surface area contributed by atoms with E-state index >= 15 is 0 Å². The molecule has 1 aromatic heterocycles. The van der Waals surface area contributed by atoms with Crippen LogP contribution < -0.4 is 0 Å². The minimum absolute atomic E-state index is 0.202. The first kappa shape index (κ1) is 12.7. The lowest BCUT2D eigenvalue weighted by atomic mass is 10.2. The Morgan fingerprint density at radius 1 is 1.29 bits per heavy atom. The predicted octanol–water partition coefficient (Wildman–Crippen LogP) is 4.28. The quantitative estimate of drug-likeness (QED) is 0.814. The van der Waals surface area contributed by atoms with Gasteiger partial charge in [-0.2, -0.15) is 11.3 Å². The van der Waals surface area contributed by atoms with E-state index < -0.39 is 0 Å². The molecule has 0 saturated carbocycles. The van der Waals surface area contributed by atoms with Crippen molar-refractivity contribution in [3.05, 3.63) is 56.4 Å². The van der Waals surface area contributed by atoms with E-state index in [0.717, 1.165) is 18.7 Å². The summed E-state index contributed by atoms with van der Waals surface area (Å²) in [7, 11) is 2.04. The first-order valence-electron chi connectivity index (χ1n) is 5.29. The summed E-state index contributed by atoms with van der Waals surface area (Å²) in [5.74, 6) is -0.202. The van der Waals surface area contributed by atoms with Crippen LogP contribution in [-0.2, 0) is 13.1 Å². The Bertz CT molecular complexity index is 484. The third-order valence-electron chi connectivity index (χ3n) is 2.50. The van der Waals surface area contributed by atoms with Crippen LogP contribution in [0.5, 0.6) is 0 Å². The van der Waals surface area contributed by atoms with Gasteiger partial charge in [0, 0.05) is 13.1 Å². The summed E-state index contributed by atoms with van der Waals surface area (Å²) < 4.78 is 13.9. The van der Waals surface area contributed by atoms with E-state index in [1.165, 1.54) is 11.6 Å². The predicted molar refractivity (Wildman–Crippen MR) is 73.6 cm³/mol. The van der Waals surface area contributed by atoms with Crippen molar-refractivity contribution in [1.29, 1.82) is 0 Å². The molecule has 1 heterocycles. The van der Waals surface area contributed by atoms with Crippen molar-refractivity contribution >= 4 is 27.3 Å². The molecule has 2 rings (SSSR count). The van der Waals surface area contributed by atoms with Crippen LogP contribution in [-0.4, -0.2) is 11.9 Å². The average molecular weight is 314 g/mol. The standard InChI is InChI=1S/C13H13BrFNS/c1-16(7-10-5-6-17-9-10)8-11-3-2-4-12(15)13(11)14/h2-6,9H,7-8H2,1H3. The maximum atomic E-state index is 13.3. The Labute approximate surface area is 113 Å². The van der Waals surface area contributed by atoms with Gasteiger partial charge in [0.2, 0.25) is 0 Å². The third kappa shape index (κ3) is 3.37. The van der Waals surface area contributed by atoms with E-state index in [4.69, 9.17) is 0 Å². The van der Waals surface area contributed by atoms with E-state index in [1.807, 2.05) is 13.1 Å². The Hall–Kier alpha value is -0.710. The highest BCUT2D eigenvalue weighted by Crippen LogP contribution is 2.22. The second kappa shape index (κ2) is 5.76. The molecule has 0 fully saturated rings. The van der Waals surface area contributed by atoms with Gasteiger partial charge in [0.15, 0.2) is 0 Å². The zero-order valence-corrected chi connectivity index (χ0v) is 11.9. The Morgan fingerprint density at radius 2 is 2.12 bits per heavy atom. The smallest absolute Gasteiger partial charge is 0.137 e. The fraction of sp³-hybridized carbons (Fsp3) is 0.231. The van der Waals surface area contributed by atoms with Crippen LogP contribution in [0.25, 0.3) is 0 Å². The van der Waals surface area contributed by atoms with E-state index in [0.29, 0.717) is 4.47 Å². The number of hydrogen-bond acceptors (Lipinski definition) is 2. The average Bonchev–Trinajstić information content (AvgIpc) is 2.77. The van der Waals surface area contributed by atoms with Gasteiger partial charge in [0.05, 0.1) is 4.47 Å². The van der Waals surface area contributed by atoms with Gasteiger partial charge in [-0.25, -0.2) is 4.39 Å². The van der Waals surface area contributed by atoms with Gasteiger partial charge in [-0.3, -0.25) is 4.90 Å². The van der Waals surface area contributed by atoms with Crippen LogP contribution in [0.3, 0.4) is 0 Å². The lowest BCUT2D eigenvalue weighted by molar-refractivity contribution is 0.318. The third-order valence-corrected chi connectivity index (χ3v) is 4.12. The molecule has 0 atom stereocenters. The Balaban J connectivity index is 2.03. The number of benzene rings is 1. The Morgan fingerprint density at radius 3 is 2.82 bits per heavy atom. The summed E-state index contributed by atoms with van der Waals surface area (Å²) in [6, 6.07) is 7.26. The lowest BCUT2D eigenvalue weighted by Gasteiger charge is -2.17. The molecular weight excluding hydrogens is 301 g/mol. The van der Waals surface area contributed by atoms with Crippen LogP contribution in [0.15, 0.2) is 39.5 Å². The van der Waals surface area contributed by atoms with Crippen molar-refractivity contribution in [3.8, 4) is 0 Å². The molecular formula is C13H13BrFNS. The molecule has 0 aliphatic rings. The topological polar surface area (TPSA) is 3.24 Å². The second-order valence-electron chi connectivity index (χ2n) is 4.02. The van der Waals surface area contributed by atoms with E-state index in [1.54, 1.807) is 17.4 Å². The molecule has 0 N–H and O–H groups in total. The van der Waals surface area contributed by atoms with Crippen LogP contribution in [0.4, 0.5) is 4.39 Å². The zero-order chi connectivity index (χ0) is 12.3. The van der Waals surface area contributed by atoms with Crippen molar-refractivity contribution in [3.63, 3.8) is 0 Å². The molecule has 0 saturated heterocycles. The molecule has 0 aliphatic carbocycles. The zero-order valence-electron chi connectivity index (χ0n) is 9.49. The molecule has 1 nitrogen and oxygen atoms in total. The van der Waals surface area contributed by atoms with Crippen LogP contribution >= 0.6 is 27.3 Å². The maximum Gasteiger partial charge on any atom is 0.137 e. The van der Waals surface area contributed by atoms with Crippen molar-refractivity contribution < 1.29 is 4.39 Å². The van der Waals surface area contributed by atoms with Gasteiger partial charge in [-0.1, -0.05) is 12.1 Å². The number of hydrogen-bond donors (Lipinski definition) is 0. The van der Waals surface area contributed by atoms with Crippen molar-refractivity contribution in [1.82, 2.24) is 4.90 Å². The number of thiophene rings is 1. The van der Waals surface area contributed by atoms with Gasteiger partial charge in [-0.15, -0.1) is 0 Å². The SMILES string of the molecule is CN(Cc1ccsc1)Cc1cccc(F)c1Br. The monoisotopic (exact) mass is 313 g/mol. The van der Waals surface area contributed by atoms with E-state index in [-0.39, 0.29) is 5.82 Å². The van der Waals surface area contributed by atoms with E-state index in [2.05, 4.69) is 37.7 Å². The molecule has 2 aromatic rings. The van der Waals surface area contributed by atoms with Gasteiger partial charge in [0.1, 0.15) is 5.82 Å². The summed E-state index contributed by atoms with van der Waals surface area (Å²) >= 11 is 4.98.